The normalized spacial score (nSPS) is 12.0. The van der Waals surface area contributed by atoms with Crippen molar-refractivity contribution in [2.24, 2.45) is 4.99 Å². The summed E-state index contributed by atoms with van der Waals surface area (Å²) in [6.45, 7) is 1.98. The first-order chi connectivity index (χ1) is 13.0. The first-order valence-electron chi connectivity index (χ1n) is 8.16. The van der Waals surface area contributed by atoms with Gasteiger partial charge in [-0.15, -0.1) is 11.3 Å². The van der Waals surface area contributed by atoms with Crippen LogP contribution in [0.1, 0.15) is 15.4 Å². The van der Waals surface area contributed by atoms with Crippen LogP contribution in [-0.4, -0.2) is 28.5 Å². The molecule has 2 aromatic heterocycles. The Morgan fingerprint density at radius 2 is 1.96 bits per heavy atom. The summed E-state index contributed by atoms with van der Waals surface area (Å²) >= 11 is 2.67. The third kappa shape index (κ3) is 3.41. The van der Waals surface area contributed by atoms with Crippen molar-refractivity contribution in [3.05, 3.63) is 57.8 Å². The van der Waals surface area contributed by atoms with E-state index in [-0.39, 0.29) is 6.54 Å². The number of aryl methyl sites for hydroxylation is 1. The molecule has 0 aliphatic heterocycles. The molecule has 1 amide bonds. The van der Waals surface area contributed by atoms with Crippen molar-refractivity contribution >= 4 is 55.0 Å². The van der Waals surface area contributed by atoms with Gasteiger partial charge in [0.05, 0.1) is 27.5 Å². The number of para-hydroxylation sites is 1. The van der Waals surface area contributed by atoms with Crippen LogP contribution in [0.5, 0.6) is 0 Å². The molecule has 0 N–H and O–H groups in total. The minimum Gasteiger partial charge on any atom is -0.468 e. The number of methoxy groups -OCH3 is 1. The molecule has 2 aromatic carbocycles. The lowest BCUT2D eigenvalue weighted by molar-refractivity contribution is -0.141. The number of carbonyl (C=O) groups excluding carboxylic acids is 2. The maximum absolute atomic E-state index is 12.7. The number of amides is 1. The number of aromatic nitrogens is 2. The molecule has 4 rings (SSSR count). The van der Waals surface area contributed by atoms with Crippen LogP contribution in [0, 0.1) is 6.92 Å². The van der Waals surface area contributed by atoms with Gasteiger partial charge in [-0.05, 0) is 36.8 Å². The van der Waals surface area contributed by atoms with Crippen molar-refractivity contribution in [1.82, 2.24) is 9.55 Å². The van der Waals surface area contributed by atoms with Gasteiger partial charge in [0.1, 0.15) is 6.54 Å². The van der Waals surface area contributed by atoms with Gasteiger partial charge in [0.25, 0.3) is 0 Å². The Labute approximate surface area is 162 Å². The van der Waals surface area contributed by atoms with E-state index in [1.165, 1.54) is 29.8 Å². The number of nitrogens with zero attached hydrogens (tertiary/aromatic N) is 3. The molecule has 2 heterocycles. The summed E-state index contributed by atoms with van der Waals surface area (Å²) in [6.07, 6.45) is 0. The lowest BCUT2D eigenvalue weighted by atomic mass is 10.2. The number of esters is 1. The Morgan fingerprint density at radius 3 is 2.74 bits per heavy atom. The van der Waals surface area contributed by atoms with Gasteiger partial charge in [0.2, 0.25) is 0 Å². The highest BCUT2D eigenvalue weighted by Gasteiger charge is 2.15. The molecule has 0 fully saturated rings. The van der Waals surface area contributed by atoms with Crippen LogP contribution in [0.3, 0.4) is 0 Å². The summed E-state index contributed by atoms with van der Waals surface area (Å²) in [4.78, 5) is 33.6. The van der Waals surface area contributed by atoms with Crippen molar-refractivity contribution in [1.29, 1.82) is 0 Å². The lowest BCUT2D eigenvalue weighted by Crippen LogP contribution is -2.22. The molecule has 0 aliphatic carbocycles. The fourth-order valence-electron chi connectivity index (χ4n) is 2.71. The van der Waals surface area contributed by atoms with Crippen molar-refractivity contribution in [3.8, 4) is 0 Å². The molecule has 6 nitrogen and oxygen atoms in total. The summed E-state index contributed by atoms with van der Waals surface area (Å²) in [5.74, 6) is -0.817. The number of hydrogen-bond donors (Lipinski definition) is 0. The maximum atomic E-state index is 12.7. The Bertz CT molecular complexity index is 1220. The smallest absolute Gasteiger partial charge is 0.325 e. The average molecular weight is 397 g/mol. The summed E-state index contributed by atoms with van der Waals surface area (Å²) in [5.41, 5.74) is 2.71. The molecule has 8 heteroatoms. The minimum absolute atomic E-state index is 0.00841. The van der Waals surface area contributed by atoms with E-state index in [0.717, 1.165) is 26.0 Å². The molecule has 0 saturated heterocycles. The van der Waals surface area contributed by atoms with E-state index in [0.29, 0.717) is 9.81 Å². The SMILES string of the molecule is COC(=O)Cn1c(=NC(=O)c2nc3ccccc3s2)sc2cc(C)ccc21. The number of ether oxygens (including phenoxy) is 1. The molecule has 0 unspecified atom stereocenters. The van der Waals surface area contributed by atoms with Gasteiger partial charge >= 0.3 is 11.9 Å². The number of carbonyl (C=O) groups is 2. The van der Waals surface area contributed by atoms with Crippen LogP contribution in [0.4, 0.5) is 0 Å². The highest BCUT2D eigenvalue weighted by Crippen LogP contribution is 2.23. The van der Waals surface area contributed by atoms with Crippen LogP contribution in [0.25, 0.3) is 20.4 Å². The van der Waals surface area contributed by atoms with E-state index >= 15 is 0 Å². The Hall–Kier alpha value is -2.84. The fourth-order valence-corrected chi connectivity index (χ4v) is 4.69. The van der Waals surface area contributed by atoms with Crippen LogP contribution in [0.2, 0.25) is 0 Å². The second-order valence-corrected chi connectivity index (χ2v) is 7.96. The van der Waals surface area contributed by atoms with Crippen molar-refractivity contribution in [3.63, 3.8) is 0 Å². The zero-order valence-electron chi connectivity index (χ0n) is 14.6. The van der Waals surface area contributed by atoms with Gasteiger partial charge in [0, 0.05) is 0 Å². The standard InChI is InChI=1S/C19H15N3O3S2/c1-11-7-8-13-15(9-11)27-19(22(13)10-16(23)25-2)21-17(24)18-20-12-5-3-4-6-14(12)26-18/h3-9H,10H2,1-2H3. The summed E-state index contributed by atoms with van der Waals surface area (Å²) in [7, 11) is 1.34. The number of thiazole rings is 2. The van der Waals surface area contributed by atoms with Crippen LogP contribution < -0.4 is 4.80 Å². The van der Waals surface area contributed by atoms with E-state index in [1.54, 1.807) is 4.57 Å². The molecular weight excluding hydrogens is 382 g/mol. The van der Waals surface area contributed by atoms with Gasteiger partial charge in [-0.25, -0.2) is 4.98 Å². The molecule has 0 radical (unpaired) electrons. The predicted octanol–water partition coefficient (Wildman–Crippen LogP) is 3.54. The summed E-state index contributed by atoms with van der Waals surface area (Å²) in [5, 5.41) is 0.328. The number of rotatable bonds is 3. The Balaban J connectivity index is 1.84. The number of fused-ring (bicyclic) bond motifs is 2. The largest absolute Gasteiger partial charge is 0.468 e. The maximum Gasteiger partial charge on any atom is 0.325 e. The van der Waals surface area contributed by atoms with Crippen LogP contribution >= 0.6 is 22.7 Å². The van der Waals surface area contributed by atoms with E-state index in [9.17, 15) is 9.59 Å². The van der Waals surface area contributed by atoms with Gasteiger partial charge in [-0.2, -0.15) is 4.99 Å². The zero-order valence-corrected chi connectivity index (χ0v) is 16.3. The Kier molecular flexibility index (Phi) is 4.59. The quantitative estimate of drug-likeness (QED) is 0.496. The molecule has 4 aromatic rings. The van der Waals surface area contributed by atoms with Gasteiger partial charge in [-0.1, -0.05) is 29.5 Å². The second kappa shape index (κ2) is 7.05. The van der Waals surface area contributed by atoms with Crippen LogP contribution in [0.15, 0.2) is 47.5 Å². The molecule has 0 spiro atoms. The molecule has 0 saturated carbocycles. The summed E-state index contributed by atoms with van der Waals surface area (Å²) < 4.78 is 8.38. The minimum atomic E-state index is -0.418. The zero-order chi connectivity index (χ0) is 19.0. The van der Waals surface area contributed by atoms with Crippen molar-refractivity contribution in [2.45, 2.75) is 13.5 Å². The van der Waals surface area contributed by atoms with E-state index in [4.69, 9.17) is 4.74 Å². The third-order valence-electron chi connectivity index (χ3n) is 4.03. The molecule has 136 valence electrons. The van der Waals surface area contributed by atoms with E-state index < -0.39 is 11.9 Å². The molecule has 0 atom stereocenters. The predicted molar refractivity (Wildman–Crippen MR) is 106 cm³/mol. The summed E-state index contributed by atoms with van der Waals surface area (Å²) in [6, 6.07) is 13.5. The molecule has 0 aliphatic rings. The number of benzene rings is 2. The number of hydrogen-bond acceptors (Lipinski definition) is 6. The van der Waals surface area contributed by atoms with E-state index in [2.05, 4.69) is 9.98 Å². The first-order valence-corrected chi connectivity index (χ1v) is 9.80. The molecule has 27 heavy (non-hydrogen) atoms. The third-order valence-corrected chi connectivity index (χ3v) is 6.09. The Morgan fingerprint density at radius 1 is 1.15 bits per heavy atom. The fraction of sp³-hybridized carbons (Fsp3) is 0.158. The van der Waals surface area contributed by atoms with Crippen molar-refractivity contribution < 1.29 is 14.3 Å². The van der Waals surface area contributed by atoms with Crippen molar-refractivity contribution in [2.75, 3.05) is 7.11 Å². The first kappa shape index (κ1) is 17.6. The molecule has 0 bridgehead atoms. The average Bonchev–Trinajstić information content (AvgIpc) is 3.23. The topological polar surface area (TPSA) is 73.6 Å². The highest BCUT2D eigenvalue weighted by atomic mass is 32.1. The van der Waals surface area contributed by atoms with Gasteiger partial charge in [0.15, 0.2) is 9.81 Å². The monoisotopic (exact) mass is 397 g/mol. The second-order valence-electron chi connectivity index (χ2n) is 5.92. The van der Waals surface area contributed by atoms with E-state index in [1.807, 2.05) is 49.4 Å². The highest BCUT2D eigenvalue weighted by molar-refractivity contribution is 7.20. The van der Waals surface area contributed by atoms with Gasteiger partial charge < -0.3 is 9.30 Å². The molecular formula is C19H15N3O3S2. The van der Waals surface area contributed by atoms with Gasteiger partial charge in [-0.3, -0.25) is 9.59 Å². The van der Waals surface area contributed by atoms with Crippen LogP contribution in [-0.2, 0) is 16.1 Å². The lowest BCUT2D eigenvalue weighted by Gasteiger charge is -2.03.